The van der Waals surface area contributed by atoms with Crippen LogP contribution < -0.4 is 4.74 Å². The van der Waals surface area contributed by atoms with Crippen LogP contribution in [0.3, 0.4) is 0 Å². The Hall–Kier alpha value is -3.24. The molecule has 0 saturated carbocycles. The van der Waals surface area contributed by atoms with Crippen LogP contribution in [0.15, 0.2) is 54.6 Å². The Morgan fingerprint density at radius 3 is 2.74 bits per heavy atom. The number of alkyl halides is 3. The molecule has 2 aromatic carbocycles. The Kier molecular flexibility index (Phi) is 5.86. The molecule has 2 aliphatic heterocycles. The second kappa shape index (κ2) is 8.84. The fourth-order valence-electron chi connectivity index (χ4n) is 4.74. The van der Waals surface area contributed by atoms with E-state index < -0.39 is 17.6 Å². The molecule has 0 N–H and O–H groups in total. The average molecular weight is 471 g/mol. The van der Waals surface area contributed by atoms with Crippen LogP contribution in [0.1, 0.15) is 29.8 Å². The van der Waals surface area contributed by atoms with Crippen LogP contribution >= 0.6 is 0 Å². The largest absolute Gasteiger partial charge is 0.496 e. The number of aromatic nitrogens is 4. The summed E-state index contributed by atoms with van der Waals surface area (Å²) < 4.78 is 52.5. The van der Waals surface area contributed by atoms with Crippen molar-refractivity contribution in [3.8, 4) is 11.4 Å². The van der Waals surface area contributed by atoms with Crippen molar-refractivity contribution in [1.82, 2.24) is 25.1 Å². The van der Waals surface area contributed by atoms with E-state index in [2.05, 4.69) is 38.6 Å². The van der Waals surface area contributed by atoms with E-state index in [4.69, 9.17) is 9.47 Å². The number of likely N-dealkylation sites (tertiary alicyclic amines) is 1. The Morgan fingerprint density at radius 1 is 1.15 bits per heavy atom. The van der Waals surface area contributed by atoms with E-state index in [1.807, 2.05) is 18.2 Å². The van der Waals surface area contributed by atoms with Gasteiger partial charge in [-0.05, 0) is 65.2 Å². The normalized spacial score (nSPS) is 21.1. The molecule has 178 valence electrons. The van der Waals surface area contributed by atoms with Crippen molar-refractivity contribution in [2.75, 3.05) is 26.8 Å². The maximum absolute atomic E-state index is 13.3. The summed E-state index contributed by atoms with van der Waals surface area (Å²) >= 11 is 0. The minimum absolute atomic E-state index is 0.198. The third-order valence-electron chi connectivity index (χ3n) is 6.26. The van der Waals surface area contributed by atoms with Crippen molar-refractivity contribution < 1.29 is 22.6 Å². The van der Waals surface area contributed by atoms with Crippen molar-refractivity contribution in [3.05, 3.63) is 71.6 Å². The molecule has 1 atom stereocenters. The number of hydrogen-bond donors (Lipinski definition) is 0. The van der Waals surface area contributed by atoms with Gasteiger partial charge in [0.2, 0.25) is 0 Å². The van der Waals surface area contributed by atoms with E-state index >= 15 is 0 Å². The van der Waals surface area contributed by atoms with Gasteiger partial charge in [-0.3, -0.25) is 4.90 Å². The van der Waals surface area contributed by atoms with E-state index in [1.165, 1.54) is 18.7 Å². The molecule has 1 fully saturated rings. The molecule has 1 spiro atoms. The molecule has 2 aliphatic rings. The Morgan fingerprint density at radius 2 is 1.97 bits per heavy atom. The van der Waals surface area contributed by atoms with Crippen LogP contribution in [-0.2, 0) is 17.5 Å². The average Bonchev–Trinajstić information content (AvgIpc) is 3.47. The number of rotatable bonds is 5. The Bertz CT molecular complexity index is 1190. The van der Waals surface area contributed by atoms with Crippen LogP contribution in [0.5, 0.6) is 5.75 Å². The zero-order chi connectivity index (χ0) is 23.8. The van der Waals surface area contributed by atoms with Gasteiger partial charge in [-0.1, -0.05) is 30.3 Å². The van der Waals surface area contributed by atoms with E-state index in [9.17, 15) is 13.2 Å². The SMILES string of the molecule is COc1ccc(-n2nnnc2C(F)(F)F)cc1C1=CC2(CCCN(Cc3ccccc3)C2)OC1. The van der Waals surface area contributed by atoms with Crippen molar-refractivity contribution in [2.24, 2.45) is 0 Å². The van der Waals surface area contributed by atoms with Crippen LogP contribution in [0.2, 0.25) is 0 Å². The van der Waals surface area contributed by atoms with Gasteiger partial charge in [-0.25, -0.2) is 0 Å². The highest BCUT2D eigenvalue weighted by molar-refractivity contribution is 5.75. The maximum atomic E-state index is 13.3. The molecule has 7 nitrogen and oxygen atoms in total. The van der Waals surface area contributed by atoms with E-state index in [1.54, 1.807) is 12.1 Å². The minimum Gasteiger partial charge on any atom is -0.496 e. The summed E-state index contributed by atoms with van der Waals surface area (Å²) in [6, 6.07) is 15.0. The zero-order valence-corrected chi connectivity index (χ0v) is 18.6. The number of nitrogens with zero attached hydrogens (tertiary/aromatic N) is 5. The highest BCUT2D eigenvalue weighted by atomic mass is 19.4. The predicted molar refractivity (Wildman–Crippen MR) is 118 cm³/mol. The Balaban J connectivity index is 1.44. The maximum Gasteiger partial charge on any atom is 0.453 e. The van der Waals surface area contributed by atoms with Crippen LogP contribution in [-0.4, -0.2) is 57.5 Å². The lowest BCUT2D eigenvalue weighted by Gasteiger charge is -2.38. The topological polar surface area (TPSA) is 65.3 Å². The summed E-state index contributed by atoms with van der Waals surface area (Å²) in [6.07, 6.45) is -0.688. The highest BCUT2D eigenvalue weighted by Crippen LogP contribution is 2.40. The lowest BCUT2D eigenvalue weighted by atomic mass is 9.90. The summed E-state index contributed by atoms with van der Waals surface area (Å²) in [5.74, 6) is -0.630. The van der Waals surface area contributed by atoms with Gasteiger partial charge in [0.25, 0.3) is 5.82 Å². The molecule has 0 bridgehead atoms. The zero-order valence-electron chi connectivity index (χ0n) is 18.6. The van der Waals surface area contributed by atoms with Crippen LogP contribution in [0, 0.1) is 0 Å². The molecule has 0 amide bonds. The van der Waals surface area contributed by atoms with E-state index in [0.29, 0.717) is 22.6 Å². The van der Waals surface area contributed by atoms with Crippen molar-refractivity contribution >= 4 is 5.57 Å². The summed E-state index contributed by atoms with van der Waals surface area (Å²) in [5.41, 5.74) is 2.56. The third kappa shape index (κ3) is 4.43. The second-order valence-corrected chi connectivity index (χ2v) is 8.62. The molecule has 1 unspecified atom stereocenters. The minimum atomic E-state index is -4.67. The molecule has 34 heavy (non-hydrogen) atoms. The molecule has 5 rings (SSSR count). The van der Waals surface area contributed by atoms with Crippen molar-refractivity contribution in [1.29, 1.82) is 0 Å². The number of hydrogen-bond acceptors (Lipinski definition) is 6. The van der Waals surface area contributed by atoms with Gasteiger partial charge in [-0.15, -0.1) is 5.10 Å². The summed E-state index contributed by atoms with van der Waals surface area (Å²) in [6.45, 7) is 2.92. The first kappa shape index (κ1) is 22.5. The number of halogens is 3. The first-order valence-electron chi connectivity index (χ1n) is 11.0. The molecule has 1 aromatic heterocycles. The molecule has 0 radical (unpaired) electrons. The van der Waals surface area contributed by atoms with Crippen molar-refractivity contribution in [2.45, 2.75) is 31.2 Å². The number of benzene rings is 2. The number of piperidine rings is 1. The summed E-state index contributed by atoms with van der Waals surface area (Å²) in [7, 11) is 1.53. The van der Waals surface area contributed by atoms with Crippen molar-refractivity contribution in [3.63, 3.8) is 0 Å². The lowest BCUT2D eigenvalue weighted by Crippen LogP contribution is -2.46. The fraction of sp³-hybridized carbons (Fsp3) is 0.375. The molecular weight excluding hydrogens is 447 g/mol. The van der Waals surface area contributed by atoms with E-state index in [-0.39, 0.29) is 5.69 Å². The van der Waals surface area contributed by atoms with Gasteiger partial charge in [0.05, 0.1) is 19.4 Å². The monoisotopic (exact) mass is 471 g/mol. The first-order chi connectivity index (χ1) is 16.4. The number of methoxy groups -OCH3 is 1. The van der Waals surface area contributed by atoms with Crippen LogP contribution in [0.4, 0.5) is 13.2 Å². The predicted octanol–water partition coefficient (Wildman–Crippen LogP) is 4.14. The van der Waals surface area contributed by atoms with Gasteiger partial charge in [-0.2, -0.15) is 17.9 Å². The molecule has 1 saturated heterocycles. The molecule has 3 heterocycles. The second-order valence-electron chi connectivity index (χ2n) is 8.62. The van der Waals surface area contributed by atoms with Crippen LogP contribution in [0.25, 0.3) is 11.3 Å². The highest BCUT2D eigenvalue weighted by Gasteiger charge is 2.40. The quantitative estimate of drug-likeness (QED) is 0.558. The van der Waals surface area contributed by atoms with Gasteiger partial charge in [0.1, 0.15) is 11.4 Å². The third-order valence-corrected chi connectivity index (χ3v) is 6.26. The number of tetrazole rings is 1. The molecule has 10 heteroatoms. The van der Waals surface area contributed by atoms with E-state index in [0.717, 1.165) is 38.0 Å². The lowest BCUT2D eigenvalue weighted by molar-refractivity contribution is -0.146. The van der Waals surface area contributed by atoms with Gasteiger partial charge in [0.15, 0.2) is 0 Å². The fourth-order valence-corrected chi connectivity index (χ4v) is 4.74. The first-order valence-corrected chi connectivity index (χ1v) is 11.0. The standard InChI is InChI=1S/C24H24F3N5O2/c1-33-21-9-8-19(32-22(24(25,26)27)28-29-30-32)12-20(21)18-13-23(34-15-18)10-5-11-31(16-23)14-17-6-3-2-4-7-17/h2-4,6-9,12-13H,5,10-11,14-16H2,1H3. The molecule has 0 aliphatic carbocycles. The molecular formula is C24H24F3N5O2. The Labute approximate surface area is 194 Å². The van der Waals surface area contributed by atoms with Gasteiger partial charge < -0.3 is 9.47 Å². The smallest absolute Gasteiger partial charge is 0.453 e. The molecule has 3 aromatic rings. The van der Waals surface area contributed by atoms with Gasteiger partial charge >= 0.3 is 6.18 Å². The van der Waals surface area contributed by atoms with Gasteiger partial charge in [0, 0.05) is 18.7 Å². The summed E-state index contributed by atoms with van der Waals surface area (Å²) in [4.78, 5) is 2.38. The summed E-state index contributed by atoms with van der Waals surface area (Å²) in [5, 5.41) is 9.90. The number of ether oxygens (including phenoxy) is 2.